The first-order valence-electron chi connectivity index (χ1n) is 7.63. The molecule has 1 N–H and O–H groups in total. The van der Waals surface area contributed by atoms with E-state index in [2.05, 4.69) is 19.9 Å². The number of alkyl halides is 2. The van der Waals surface area contributed by atoms with Crippen LogP contribution < -0.4 is 4.72 Å². The molecule has 0 amide bonds. The van der Waals surface area contributed by atoms with Gasteiger partial charge in [-0.1, -0.05) is 34.5 Å². The molecule has 0 spiro atoms. The lowest BCUT2D eigenvalue weighted by Crippen LogP contribution is -2.34. The van der Waals surface area contributed by atoms with E-state index in [0.717, 1.165) is 12.8 Å². The minimum Gasteiger partial charge on any atom is -0.293 e. The Hall–Kier alpha value is -1.40. The molecule has 1 saturated carbocycles. The number of fused-ring (bicyclic) bond motifs is 1. The number of nitrogens with zero attached hydrogens (tertiary/aromatic N) is 4. The molecule has 0 bridgehead atoms. The van der Waals surface area contributed by atoms with Crippen molar-refractivity contribution in [2.45, 2.75) is 36.6 Å². The summed E-state index contributed by atoms with van der Waals surface area (Å²) in [7, 11) is -3.85. The van der Waals surface area contributed by atoms with Crippen LogP contribution in [0.25, 0.3) is 16.3 Å². The van der Waals surface area contributed by atoms with E-state index < -0.39 is 27.0 Å². The van der Waals surface area contributed by atoms with Crippen molar-refractivity contribution in [1.82, 2.24) is 24.3 Å². The molecule has 0 radical (unpaired) electrons. The molecule has 3 heterocycles. The lowest BCUT2D eigenvalue weighted by atomic mass is 10.4. The summed E-state index contributed by atoms with van der Waals surface area (Å²) < 4.78 is 54.9. The van der Waals surface area contributed by atoms with Crippen molar-refractivity contribution in [3.8, 4) is 10.8 Å². The second kappa shape index (κ2) is 6.31. The molecule has 0 atom stereocenters. The fraction of sp³-hybridized carbons (Fsp3) is 0.357. The molecule has 0 saturated heterocycles. The van der Waals surface area contributed by atoms with Crippen molar-refractivity contribution in [2.24, 2.45) is 0 Å². The maximum Gasteiger partial charge on any atom is 0.291 e. The summed E-state index contributed by atoms with van der Waals surface area (Å²) in [5.74, 6) is 0.0796. The predicted octanol–water partition coefficient (Wildman–Crippen LogP) is 3.93. The lowest BCUT2D eigenvalue weighted by Gasteiger charge is -2.13. The molecule has 1 aliphatic rings. The number of hydrogen-bond donors (Lipinski definition) is 1. The van der Waals surface area contributed by atoms with Gasteiger partial charge in [-0.3, -0.25) is 4.40 Å². The average Bonchev–Trinajstić information content (AvgIpc) is 2.99. The van der Waals surface area contributed by atoms with Crippen molar-refractivity contribution >= 4 is 50.1 Å². The molecule has 7 nitrogen and oxygen atoms in total. The summed E-state index contributed by atoms with van der Waals surface area (Å²) in [6.45, 7) is 1.80. The molecule has 144 valence electrons. The second-order valence-electron chi connectivity index (χ2n) is 6.38. The van der Waals surface area contributed by atoms with Crippen molar-refractivity contribution in [1.29, 1.82) is 0 Å². The minimum atomic E-state index is -3.85. The van der Waals surface area contributed by atoms with Gasteiger partial charge in [-0.2, -0.15) is 0 Å². The van der Waals surface area contributed by atoms with Crippen molar-refractivity contribution in [3.05, 3.63) is 27.4 Å². The molecule has 3 aromatic heterocycles. The van der Waals surface area contributed by atoms with E-state index in [1.54, 1.807) is 6.92 Å². The first-order valence-corrected chi connectivity index (χ1v) is 10.7. The molecule has 0 unspecified atom stereocenters. The van der Waals surface area contributed by atoms with Crippen LogP contribution in [0.4, 0.5) is 8.78 Å². The zero-order valence-corrected chi connectivity index (χ0v) is 16.7. The molecule has 1 aliphatic carbocycles. The van der Waals surface area contributed by atoms with Gasteiger partial charge in [0.05, 0.1) is 5.02 Å². The molecule has 0 aliphatic heterocycles. The van der Waals surface area contributed by atoms with Crippen molar-refractivity contribution in [2.75, 3.05) is 0 Å². The molecule has 0 aromatic carbocycles. The predicted molar refractivity (Wildman–Crippen MR) is 97.0 cm³/mol. The van der Waals surface area contributed by atoms with Crippen LogP contribution >= 0.6 is 34.5 Å². The van der Waals surface area contributed by atoms with Crippen LogP contribution in [0.2, 0.25) is 10.2 Å². The number of rotatable bonds is 5. The third kappa shape index (κ3) is 3.42. The van der Waals surface area contributed by atoms with Crippen molar-refractivity contribution in [3.63, 3.8) is 0 Å². The fourth-order valence-corrected chi connectivity index (χ4v) is 5.34. The summed E-state index contributed by atoms with van der Waals surface area (Å²) >= 11 is 13.0. The van der Waals surface area contributed by atoms with E-state index in [-0.39, 0.29) is 31.4 Å². The molecular formula is C14H11Cl2F2N5O2S2. The van der Waals surface area contributed by atoms with Gasteiger partial charge in [0.25, 0.3) is 6.43 Å². The zero-order chi connectivity index (χ0) is 19.6. The van der Waals surface area contributed by atoms with Gasteiger partial charge in [-0.15, -0.1) is 10.2 Å². The van der Waals surface area contributed by atoms with E-state index in [4.69, 9.17) is 23.2 Å². The van der Waals surface area contributed by atoms with E-state index >= 15 is 0 Å². The molecule has 4 rings (SSSR count). The van der Waals surface area contributed by atoms with Gasteiger partial charge < -0.3 is 0 Å². The number of sulfonamides is 1. The van der Waals surface area contributed by atoms with Gasteiger partial charge in [0.15, 0.2) is 21.0 Å². The standard InChI is InChI=1S/C14H11Cl2F2N5O2S2/c1-14(2-3-14)22-27(24,25)6-4-7(15)8-9(16)19-11(23(8)5-6)13-21-20-12(26-13)10(17)18/h4-5,10,22H,2-3H2,1H3. The Morgan fingerprint density at radius 3 is 2.63 bits per heavy atom. The normalized spacial score (nSPS) is 16.4. The number of hydrogen-bond acceptors (Lipinski definition) is 6. The highest BCUT2D eigenvalue weighted by Gasteiger charge is 2.41. The number of aromatic nitrogens is 4. The van der Waals surface area contributed by atoms with Crippen LogP contribution in [-0.4, -0.2) is 33.5 Å². The van der Waals surface area contributed by atoms with Gasteiger partial charge in [0, 0.05) is 11.7 Å². The quantitative estimate of drug-likeness (QED) is 0.631. The topological polar surface area (TPSA) is 89.2 Å². The molecule has 3 aromatic rings. The van der Waals surface area contributed by atoms with Crippen LogP contribution in [0.1, 0.15) is 31.2 Å². The van der Waals surface area contributed by atoms with E-state index in [1.165, 1.54) is 16.7 Å². The minimum absolute atomic E-state index is 0.00476. The fourth-order valence-electron chi connectivity index (χ4n) is 2.49. The Labute approximate surface area is 166 Å². The first-order chi connectivity index (χ1) is 12.6. The summed E-state index contributed by atoms with van der Waals surface area (Å²) in [4.78, 5) is 4.00. The van der Waals surface area contributed by atoms with Gasteiger partial charge >= 0.3 is 0 Å². The number of nitrogens with one attached hydrogen (secondary N) is 1. The average molecular weight is 454 g/mol. The van der Waals surface area contributed by atoms with E-state index in [1.807, 2.05) is 0 Å². The van der Waals surface area contributed by atoms with Gasteiger partial charge in [0.2, 0.25) is 10.0 Å². The van der Waals surface area contributed by atoms with Crippen LogP contribution in [0.5, 0.6) is 0 Å². The largest absolute Gasteiger partial charge is 0.293 e. The Morgan fingerprint density at radius 1 is 1.33 bits per heavy atom. The number of imidazole rings is 1. The molecule has 1 fully saturated rings. The van der Waals surface area contributed by atoms with E-state index in [9.17, 15) is 17.2 Å². The lowest BCUT2D eigenvalue weighted by molar-refractivity contribution is 0.150. The van der Waals surface area contributed by atoms with Crippen LogP contribution in [0, 0.1) is 0 Å². The van der Waals surface area contributed by atoms with Gasteiger partial charge in [0.1, 0.15) is 10.4 Å². The smallest absolute Gasteiger partial charge is 0.291 e. The highest BCUT2D eigenvalue weighted by molar-refractivity contribution is 7.89. The second-order valence-corrected chi connectivity index (χ2v) is 9.84. The maximum atomic E-state index is 12.8. The summed E-state index contributed by atoms with van der Waals surface area (Å²) in [6, 6.07) is 1.27. The third-order valence-corrected chi connectivity index (χ3v) is 7.21. The Balaban J connectivity index is 1.87. The molecule has 27 heavy (non-hydrogen) atoms. The van der Waals surface area contributed by atoms with Crippen LogP contribution in [0.3, 0.4) is 0 Å². The van der Waals surface area contributed by atoms with Crippen molar-refractivity contribution < 1.29 is 17.2 Å². The first kappa shape index (κ1) is 18.9. The SMILES string of the molecule is CC1(NS(=O)(=O)c2cc(Cl)c3c(Cl)nc(-c4nnc(C(F)F)s4)n3c2)CC1. The van der Waals surface area contributed by atoms with Crippen LogP contribution in [-0.2, 0) is 10.0 Å². The summed E-state index contributed by atoms with van der Waals surface area (Å²) in [6.07, 6.45) is -0.00898. The maximum absolute atomic E-state index is 12.8. The number of pyridine rings is 1. The van der Waals surface area contributed by atoms with E-state index in [0.29, 0.717) is 11.3 Å². The Morgan fingerprint density at radius 2 is 2.04 bits per heavy atom. The highest BCUT2D eigenvalue weighted by atomic mass is 35.5. The van der Waals surface area contributed by atoms with Gasteiger partial charge in [-0.25, -0.2) is 26.9 Å². The zero-order valence-electron chi connectivity index (χ0n) is 13.6. The summed E-state index contributed by atoms with van der Waals surface area (Å²) in [5.41, 5.74) is -0.222. The summed E-state index contributed by atoms with van der Waals surface area (Å²) in [5, 5.41) is 6.76. The number of halogens is 4. The molecular weight excluding hydrogens is 443 g/mol. The molecule has 13 heteroatoms. The highest BCUT2D eigenvalue weighted by Crippen LogP contribution is 2.38. The Kier molecular flexibility index (Phi) is 4.43. The van der Waals surface area contributed by atoms with Crippen LogP contribution in [0.15, 0.2) is 17.2 Å². The Bertz CT molecular complexity index is 1160. The third-order valence-electron chi connectivity index (χ3n) is 4.13. The monoisotopic (exact) mass is 453 g/mol. The van der Waals surface area contributed by atoms with Gasteiger partial charge in [-0.05, 0) is 25.8 Å².